The first-order valence-corrected chi connectivity index (χ1v) is 10.3. The third kappa shape index (κ3) is 9.54. The molecule has 0 aliphatic carbocycles. The third-order valence-corrected chi connectivity index (χ3v) is 4.36. The zero-order chi connectivity index (χ0) is 20.6. The first-order chi connectivity index (χ1) is 13.3. The SMILES string of the molecule is CCSC(N)=Nc1cccc(CN(Cc2ccccc2)C(=O)OC(C)(C)C)c1.I. The third-order valence-electron chi connectivity index (χ3n) is 3.68. The second kappa shape index (κ2) is 12.1. The number of carbonyl (C=O) groups is 1. The van der Waals surface area contributed by atoms with Crippen molar-refractivity contribution in [1.29, 1.82) is 0 Å². The lowest BCUT2D eigenvalue weighted by atomic mass is 10.1. The lowest BCUT2D eigenvalue weighted by molar-refractivity contribution is 0.0216. The van der Waals surface area contributed by atoms with Gasteiger partial charge in [0.15, 0.2) is 5.17 Å². The zero-order valence-electron chi connectivity index (χ0n) is 17.4. The summed E-state index contributed by atoms with van der Waals surface area (Å²) in [5, 5.41) is 0.535. The van der Waals surface area contributed by atoms with E-state index in [9.17, 15) is 4.79 Å². The van der Waals surface area contributed by atoms with Crippen LogP contribution in [0.25, 0.3) is 0 Å². The molecule has 2 N–H and O–H groups in total. The van der Waals surface area contributed by atoms with Crippen LogP contribution in [0.15, 0.2) is 59.6 Å². The molecule has 0 bridgehead atoms. The lowest BCUT2D eigenvalue weighted by Crippen LogP contribution is -2.36. The largest absolute Gasteiger partial charge is 0.444 e. The molecule has 158 valence electrons. The van der Waals surface area contributed by atoms with Crippen molar-refractivity contribution in [3.63, 3.8) is 0 Å². The Morgan fingerprint density at radius 1 is 1.07 bits per heavy atom. The van der Waals surface area contributed by atoms with Crippen LogP contribution in [0.1, 0.15) is 38.8 Å². The number of nitrogens with zero attached hydrogens (tertiary/aromatic N) is 2. The molecule has 2 aromatic rings. The van der Waals surface area contributed by atoms with Gasteiger partial charge in [-0.15, -0.1) is 24.0 Å². The molecular weight excluding hydrogens is 497 g/mol. The summed E-state index contributed by atoms with van der Waals surface area (Å²) in [6.07, 6.45) is -0.341. The summed E-state index contributed by atoms with van der Waals surface area (Å²) in [5.41, 5.74) is 8.16. The van der Waals surface area contributed by atoms with Gasteiger partial charge < -0.3 is 10.5 Å². The van der Waals surface area contributed by atoms with E-state index in [-0.39, 0.29) is 30.1 Å². The number of thioether (sulfide) groups is 1. The van der Waals surface area contributed by atoms with Crippen molar-refractivity contribution >= 4 is 52.7 Å². The number of amidine groups is 1. The van der Waals surface area contributed by atoms with Crippen LogP contribution in [0.4, 0.5) is 10.5 Å². The summed E-state index contributed by atoms with van der Waals surface area (Å²) >= 11 is 1.50. The Morgan fingerprint density at radius 3 is 2.31 bits per heavy atom. The first kappa shape index (κ1) is 25.3. The molecule has 0 radical (unpaired) electrons. The van der Waals surface area contributed by atoms with Crippen LogP contribution in [-0.2, 0) is 17.8 Å². The molecule has 0 aliphatic rings. The first-order valence-electron chi connectivity index (χ1n) is 9.34. The van der Waals surface area contributed by atoms with Crippen LogP contribution in [0, 0.1) is 0 Å². The van der Waals surface area contributed by atoms with E-state index in [1.54, 1.807) is 4.90 Å². The Bertz CT molecular complexity index is 807. The predicted molar refractivity (Wildman–Crippen MR) is 133 cm³/mol. The highest BCUT2D eigenvalue weighted by Gasteiger charge is 2.22. The van der Waals surface area contributed by atoms with Gasteiger partial charge in [-0.25, -0.2) is 9.79 Å². The van der Waals surface area contributed by atoms with E-state index in [2.05, 4.69) is 4.99 Å². The van der Waals surface area contributed by atoms with Gasteiger partial charge in [-0.1, -0.05) is 61.2 Å². The Hall–Kier alpha value is -1.74. The predicted octanol–water partition coefficient (Wildman–Crippen LogP) is 5.94. The van der Waals surface area contributed by atoms with E-state index in [4.69, 9.17) is 10.5 Å². The number of amides is 1. The Labute approximate surface area is 195 Å². The number of rotatable bonds is 6. The quantitative estimate of drug-likeness (QED) is 0.287. The van der Waals surface area contributed by atoms with Crippen molar-refractivity contribution in [2.45, 2.75) is 46.4 Å². The fraction of sp³-hybridized carbons (Fsp3) is 0.364. The van der Waals surface area contributed by atoms with Crippen molar-refractivity contribution in [3.05, 3.63) is 65.7 Å². The highest BCUT2D eigenvalue weighted by Crippen LogP contribution is 2.20. The monoisotopic (exact) mass is 527 g/mol. The standard InChI is InChI=1S/C22H29N3O2S.HI/c1-5-28-20(23)24-19-13-9-12-18(14-19)16-25(21(26)27-22(2,3)4)15-17-10-7-6-8-11-17;/h6-14H,5,15-16H2,1-4H3,(H2,23,24);1H. The number of ether oxygens (including phenoxy) is 1. The number of hydrogen-bond acceptors (Lipinski definition) is 4. The van der Waals surface area contributed by atoms with Crippen molar-refractivity contribution < 1.29 is 9.53 Å². The molecule has 29 heavy (non-hydrogen) atoms. The molecule has 0 fully saturated rings. The molecule has 0 aliphatic heterocycles. The Morgan fingerprint density at radius 2 is 1.69 bits per heavy atom. The van der Waals surface area contributed by atoms with Gasteiger partial charge in [0.25, 0.3) is 0 Å². The van der Waals surface area contributed by atoms with Gasteiger partial charge >= 0.3 is 6.09 Å². The molecule has 2 aromatic carbocycles. The molecule has 0 aromatic heterocycles. The molecule has 0 spiro atoms. The summed E-state index contributed by atoms with van der Waals surface area (Å²) in [6, 6.07) is 17.6. The smallest absolute Gasteiger partial charge is 0.410 e. The van der Waals surface area contributed by atoms with Crippen molar-refractivity contribution in [2.75, 3.05) is 5.75 Å². The Kier molecular flexibility index (Phi) is 10.5. The topological polar surface area (TPSA) is 67.9 Å². The minimum absolute atomic E-state index is 0. The van der Waals surface area contributed by atoms with E-state index >= 15 is 0 Å². The molecule has 0 heterocycles. The van der Waals surface area contributed by atoms with Crippen LogP contribution in [0.5, 0.6) is 0 Å². The second-order valence-corrected chi connectivity index (χ2v) is 8.66. The average molecular weight is 527 g/mol. The average Bonchev–Trinajstić information content (AvgIpc) is 2.61. The number of benzene rings is 2. The summed E-state index contributed by atoms with van der Waals surface area (Å²) < 4.78 is 5.61. The maximum atomic E-state index is 12.8. The van der Waals surface area contributed by atoms with Gasteiger partial charge in [-0.2, -0.15) is 0 Å². The van der Waals surface area contributed by atoms with E-state index in [0.29, 0.717) is 18.3 Å². The van der Waals surface area contributed by atoms with E-state index in [0.717, 1.165) is 22.6 Å². The fourth-order valence-corrected chi connectivity index (χ4v) is 3.03. The summed E-state index contributed by atoms with van der Waals surface area (Å²) in [5.74, 6) is 0.874. The maximum absolute atomic E-state index is 12.8. The number of aliphatic imine (C=N–C) groups is 1. The molecule has 0 atom stereocenters. The molecule has 0 saturated carbocycles. The van der Waals surface area contributed by atoms with Crippen LogP contribution in [0.2, 0.25) is 0 Å². The van der Waals surface area contributed by atoms with Gasteiger partial charge in [0.1, 0.15) is 5.60 Å². The Balaban J connectivity index is 0.00000420. The van der Waals surface area contributed by atoms with Gasteiger partial charge in [-0.3, -0.25) is 4.90 Å². The molecule has 1 amide bonds. The molecule has 2 rings (SSSR count). The number of halogens is 1. The zero-order valence-corrected chi connectivity index (χ0v) is 20.6. The maximum Gasteiger partial charge on any atom is 0.410 e. The minimum Gasteiger partial charge on any atom is -0.444 e. The highest BCUT2D eigenvalue weighted by molar-refractivity contribution is 14.0. The van der Waals surface area contributed by atoms with Crippen molar-refractivity contribution in [3.8, 4) is 0 Å². The minimum atomic E-state index is -0.552. The molecule has 0 saturated heterocycles. The van der Waals surface area contributed by atoms with Crippen LogP contribution < -0.4 is 5.73 Å². The van der Waals surface area contributed by atoms with Gasteiger partial charge in [0.2, 0.25) is 0 Å². The molecule has 7 heteroatoms. The normalized spacial score (nSPS) is 11.5. The van der Waals surface area contributed by atoms with E-state index in [1.165, 1.54) is 11.8 Å². The van der Waals surface area contributed by atoms with Crippen molar-refractivity contribution in [1.82, 2.24) is 4.90 Å². The molecular formula is C22H30IN3O2S. The van der Waals surface area contributed by atoms with Crippen LogP contribution in [-0.4, -0.2) is 27.5 Å². The van der Waals surface area contributed by atoms with Crippen molar-refractivity contribution in [2.24, 2.45) is 10.7 Å². The summed E-state index contributed by atoms with van der Waals surface area (Å²) in [7, 11) is 0. The fourth-order valence-electron chi connectivity index (χ4n) is 2.57. The number of hydrogen-bond donors (Lipinski definition) is 1. The van der Waals surface area contributed by atoms with E-state index in [1.807, 2.05) is 82.3 Å². The number of carbonyl (C=O) groups excluding carboxylic acids is 1. The molecule has 0 unspecified atom stereocenters. The van der Waals surface area contributed by atoms with Gasteiger partial charge in [-0.05, 0) is 49.8 Å². The van der Waals surface area contributed by atoms with Crippen LogP contribution >= 0.6 is 35.7 Å². The van der Waals surface area contributed by atoms with E-state index < -0.39 is 5.60 Å². The van der Waals surface area contributed by atoms with Gasteiger partial charge in [0.05, 0.1) is 5.69 Å². The highest BCUT2D eigenvalue weighted by atomic mass is 127. The second-order valence-electron chi connectivity index (χ2n) is 7.37. The number of nitrogens with two attached hydrogens (primary N) is 1. The summed E-state index contributed by atoms with van der Waals surface area (Å²) in [4.78, 5) is 18.9. The summed E-state index contributed by atoms with van der Waals surface area (Å²) in [6.45, 7) is 8.54. The van der Waals surface area contributed by atoms with Gasteiger partial charge in [0, 0.05) is 13.1 Å². The lowest BCUT2D eigenvalue weighted by Gasteiger charge is -2.27. The molecule has 5 nitrogen and oxygen atoms in total. The van der Waals surface area contributed by atoms with Crippen LogP contribution in [0.3, 0.4) is 0 Å².